The highest BCUT2D eigenvalue weighted by Gasteiger charge is 2.26. The molecule has 116 valence electrons. The van der Waals surface area contributed by atoms with Gasteiger partial charge in [-0.3, -0.25) is 0 Å². The van der Waals surface area contributed by atoms with Crippen LogP contribution in [0.15, 0.2) is 30.3 Å². The minimum Gasteiger partial charge on any atom is -0.508 e. The Morgan fingerprint density at radius 2 is 1.82 bits per heavy atom. The summed E-state index contributed by atoms with van der Waals surface area (Å²) in [5, 5.41) is 12.1. The second-order valence-corrected chi connectivity index (χ2v) is 5.73. The van der Waals surface area contributed by atoms with Gasteiger partial charge in [0, 0.05) is 5.56 Å². The number of hydrogen-bond acceptors (Lipinski definition) is 3. The fourth-order valence-corrected chi connectivity index (χ4v) is 3.18. The van der Waals surface area contributed by atoms with E-state index in [0.717, 1.165) is 30.2 Å². The van der Waals surface area contributed by atoms with E-state index in [9.17, 15) is 5.11 Å². The molecule has 2 aromatic rings. The van der Waals surface area contributed by atoms with Crippen LogP contribution in [-0.2, 0) is 6.54 Å². The largest absolute Gasteiger partial charge is 0.508 e. The molecule has 0 aliphatic carbocycles. The molecule has 1 atom stereocenters. The standard InChI is InChI=1S/C18H21NO3/c1-11-6-12(4-5-16(11)20)15-10-19-9-13-7-17(21-2)18(22-3)8-14(13)15/h4-8,15,19-20H,9-10H2,1-3H3/p+1/t15-/m0/s1. The maximum atomic E-state index is 9.74. The van der Waals surface area contributed by atoms with Crippen LogP contribution >= 0.6 is 0 Å². The van der Waals surface area contributed by atoms with Crippen molar-refractivity contribution in [3.05, 3.63) is 52.6 Å². The van der Waals surface area contributed by atoms with Gasteiger partial charge >= 0.3 is 0 Å². The molecule has 1 heterocycles. The molecular weight excluding hydrogens is 278 g/mol. The molecule has 0 unspecified atom stereocenters. The van der Waals surface area contributed by atoms with Crippen LogP contribution in [0.2, 0.25) is 0 Å². The summed E-state index contributed by atoms with van der Waals surface area (Å²) in [6, 6.07) is 10.0. The van der Waals surface area contributed by atoms with Crippen molar-refractivity contribution >= 4 is 0 Å². The molecule has 3 rings (SSSR count). The smallest absolute Gasteiger partial charge is 0.161 e. The molecule has 2 aromatic carbocycles. The molecule has 3 N–H and O–H groups in total. The Morgan fingerprint density at radius 1 is 1.09 bits per heavy atom. The van der Waals surface area contributed by atoms with Crippen molar-refractivity contribution in [2.24, 2.45) is 0 Å². The molecule has 22 heavy (non-hydrogen) atoms. The third-order valence-corrected chi connectivity index (χ3v) is 4.41. The van der Waals surface area contributed by atoms with E-state index in [1.165, 1.54) is 16.7 Å². The number of methoxy groups -OCH3 is 2. The maximum absolute atomic E-state index is 9.74. The first-order chi connectivity index (χ1) is 10.6. The number of aromatic hydroxyl groups is 1. The molecule has 4 heteroatoms. The first kappa shape index (κ1) is 14.7. The van der Waals surface area contributed by atoms with Gasteiger partial charge in [0.25, 0.3) is 0 Å². The van der Waals surface area contributed by atoms with Crippen LogP contribution in [0.25, 0.3) is 0 Å². The lowest BCUT2D eigenvalue weighted by molar-refractivity contribution is -0.675. The summed E-state index contributed by atoms with van der Waals surface area (Å²) in [7, 11) is 3.33. The molecule has 0 aromatic heterocycles. The van der Waals surface area contributed by atoms with E-state index in [0.29, 0.717) is 11.7 Å². The Hall–Kier alpha value is -2.20. The highest BCUT2D eigenvalue weighted by Crippen LogP contribution is 2.37. The van der Waals surface area contributed by atoms with Gasteiger partial charge in [0.05, 0.1) is 26.7 Å². The highest BCUT2D eigenvalue weighted by molar-refractivity contribution is 5.51. The number of nitrogens with two attached hydrogens (primary N) is 1. The lowest BCUT2D eigenvalue weighted by Crippen LogP contribution is -2.85. The van der Waals surface area contributed by atoms with Crippen molar-refractivity contribution in [2.45, 2.75) is 19.4 Å². The van der Waals surface area contributed by atoms with Gasteiger partial charge in [-0.2, -0.15) is 0 Å². The number of quaternary nitrogens is 1. The summed E-state index contributed by atoms with van der Waals surface area (Å²) < 4.78 is 10.9. The first-order valence-electron chi connectivity index (χ1n) is 7.50. The van der Waals surface area contributed by atoms with Crippen molar-refractivity contribution < 1.29 is 19.9 Å². The summed E-state index contributed by atoms with van der Waals surface area (Å²) >= 11 is 0. The van der Waals surface area contributed by atoms with Gasteiger partial charge in [0.1, 0.15) is 12.3 Å². The summed E-state index contributed by atoms with van der Waals surface area (Å²) in [5.74, 6) is 2.18. The molecule has 0 spiro atoms. The monoisotopic (exact) mass is 300 g/mol. The van der Waals surface area contributed by atoms with E-state index in [-0.39, 0.29) is 0 Å². The predicted octanol–water partition coefficient (Wildman–Crippen LogP) is 1.93. The molecule has 0 saturated heterocycles. The average molecular weight is 300 g/mol. The van der Waals surface area contributed by atoms with Gasteiger partial charge in [-0.05, 0) is 41.8 Å². The van der Waals surface area contributed by atoms with Crippen molar-refractivity contribution in [1.82, 2.24) is 0 Å². The van der Waals surface area contributed by atoms with Gasteiger partial charge < -0.3 is 19.9 Å². The second-order valence-electron chi connectivity index (χ2n) is 5.73. The Morgan fingerprint density at radius 3 is 2.50 bits per heavy atom. The lowest BCUT2D eigenvalue weighted by atomic mass is 9.84. The Labute approximate surface area is 130 Å². The van der Waals surface area contributed by atoms with E-state index in [1.807, 2.05) is 13.0 Å². The van der Waals surface area contributed by atoms with E-state index in [2.05, 4.69) is 23.5 Å². The number of hydrogen-bond donors (Lipinski definition) is 2. The molecule has 0 fully saturated rings. The predicted molar refractivity (Wildman–Crippen MR) is 84.7 cm³/mol. The second kappa shape index (κ2) is 5.89. The SMILES string of the molecule is COc1cc2c(cc1OC)[C@H](c1ccc(O)c(C)c1)C[NH2+]C2. The molecule has 1 aliphatic heterocycles. The minimum absolute atomic E-state index is 0.294. The summed E-state index contributed by atoms with van der Waals surface area (Å²) in [5.41, 5.74) is 4.69. The van der Waals surface area contributed by atoms with E-state index < -0.39 is 0 Å². The third kappa shape index (κ3) is 2.50. The van der Waals surface area contributed by atoms with Crippen LogP contribution in [0.1, 0.15) is 28.2 Å². The quantitative estimate of drug-likeness (QED) is 0.910. The molecule has 0 bridgehead atoms. The Balaban J connectivity index is 2.08. The number of rotatable bonds is 3. The molecular formula is C18H22NO3+. The zero-order valence-corrected chi connectivity index (χ0v) is 13.2. The van der Waals surface area contributed by atoms with Crippen LogP contribution in [0.4, 0.5) is 0 Å². The van der Waals surface area contributed by atoms with Crippen molar-refractivity contribution in [3.63, 3.8) is 0 Å². The molecule has 0 amide bonds. The normalized spacial score (nSPS) is 17.0. The number of ether oxygens (including phenoxy) is 2. The van der Waals surface area contributed by atoms with Gasteiger partial charge in [0.2, 0.25) is 0 Å². The molecule has 1 aliphatic rings. The topological polar surface area (TPSA) is 55.3 Å². The number of phenols is 1. The first-order valence-corrected chi connectivity index (χ1v) is 7.50. The number of aryl methyl sites for hydroxylation is 1. The maximum Gasteiger partial charge on any atom is 0.161 e. The fourth-order valence-electron chi connectivity index (χ4n) is 3.18. The Kier molecular flexibility index (Phi) is 3.94. The summed E-state index contributed by atoms with van der Waals surface area (Å²) in [4.78, 5) is 0. The number of phenolic OH excluding ortho intramolecular Hbond substituents is 1. The summed E-state index contributed by atoms with van der Waals surface area (Å²) in [6.45, 7) is 3.87. The minimum atomic E-state index is 0.294. The third-order valence-electron chi connectivity index (χ3n) is 4.41. The number of fused-ring (bicyclic) bond motifs is 1. The van der Waals surface area contributed by atoms with Gasteiger partial charge in [-0.25, -0.2) is 0 Å². The zero-order chi connectivity index (χ0) is 15.7. The van der Waals surface area contributed by atoms with Crippen LogP contribution in [-0.4, -0.2) is 25.9 Å². The van der Waals surface area contributed by atoms with Crippen molar-refractivity contribution in [1.29, 1.82) is 0 Å². The Bertz CT molecular complexity index is 697. The van der Waals surface area contributed by atoms with Gasteiger partial charge in [-0.15, -0.1) is 0 Å². The van der Waals surface area contributed by atoms with Crippen molar-refractivity contribution in [3.8, 4) is 17.2 Å². The van der Waals surface area contributed by atoms with Crippen LogP contribution in [0, 0.1) is 6.92 Å². The molecule has 0 saturated carbocycles. The highest BCUT2D eigenvalue weighted by atomic mass is 16.5. The van der Waals surface area contributed by atoms with E-state index >= 15 is 0 Å². The van der Waals surface area contributed by atoms with E-state index in [1.54, 1.807) is 20.3 Å². The van der Waals surface area contributed by atoms with Gasteiger partial charge in [-0.1, -0.05) is 12.1 Å². The summed E-state index contributed by atoms with van der Waals surface area (Å²) in [6.07, 6.45) is 0. The number of benzene rings is 2. The molecule has 0 radical (unpaired) electrons. The van der Waals surface area contributed by atoms with Gasteiger partial charge in [0.15, 0.2) is 11.5 Å². The fraction of sp³-hybridized carbons (Fsp3) is 0.333. The molecule has 4 nitrogen and oxygen atoms in total. The van der Waals surface area contributed by atoms with Crippen molar-refractivity contribution in [2.75, 3.05) is 20.8 Å². The van der Waals surface area contributed by atoms with E-state index in [4.69, 9.17) is 9.47 Å². The zero-order valence-electron chi connectivity index (χ0n) is 13.2. The van der Waals surface area contributed by atoms with Crippen LogP contribution in [0.3, 0.4) is 0 Å². The average Bonchev–Trinajstić information content (AvgIpc) is 2.55. The van der Waals surface area contributed by atoms with Crippen LogP contribution < -0.4 is 14.8 Å². The lowest BCUT2D eigenvalue weighted by Gasteiger charge is -2.26. The van der Waals surface area contributed by atoms with Crippen LogP contribution in [0.5, 0.6) is 17.2 Å².